The number of aryl methyl sites for hydroxylation is 1. The van der Waals surface area contributed by atoms with Crippen molar-refractivity contribution in [3.63, 3.8) is 0 Å². The summed E-state index contributed by atoms with van der Waals surface area (Å²) < 4.78 is 2.24. The Morgan fingerprint density at radius 1 is 1.37 bits per heavy atom. The lowest BCUT2D eigenvalue weighted by atomic mass is 10.1. The molecule has 0 saturated heterocycles. The molecule has 1 unspecified atom stereocenters. The van der Waals surface area contributed by atoms with Gasteiger partial charge >= 0.3 is 0 Å². The van der Waals surface area contributed by atoms with E-state index in [-0.39, 0.29) is 5.78 Å². The number of halogens is 1. The number of unbranched alkanes of at least 4 members (excludes halogenated alkanes) is 2. The Morgan fingerprint density at radius 3 is 2.63 bits per heavy atom. The van der Waals surface area contributed by atoms with Gasteiger partial charge in [-0.3, -0.25) is 4.79 Å². The molecule has 0 aliphatic heterocycles. The number of aromatic nitrogens is 1. The fraction of sp³-hybridized carbons (Fsp3) is 0.667. The van der Waals surface area contributed by atoms with Crippen LogP contribution in [-0.4, -0.2) is 27.7 Å². The largest absolute Gasteiger partial charge is 0.348 e. The first kappa shape index (κ1) is 16.6. The molecule has 0 saturated carbocycles. The lowest BCUT2D eigenvalue weighted by molar-refractivity contribution is 0.0991. The van der Waals surface area contributed by atoms with Gasteiger partial charge < -0.3 is 4.57 Å². The SMILES string of the molecule is CSCCCCCn1c(C)cc(C(=O)C(C)Cl)c1C. The van der Waals surface area contributed by atoms with E-state index in [1.807, 2.05) is 24.8 Å². The van der Waals surface area contributed by atoms with Crippen LogP contribution in [0.2, 0.25) is 0 Å². The van der Waals surface area contributed by atoms with Crippen molar-refractivity contribution in [3.05, 3.63) is 23.0 Å². The third-order valence-electron chi connectivity index (χ3n) is 3.43. The van der Waals surface area contributed by atoms with Gasteiger partial charge in [0.25, 0.3) is 0 Å². The molecule has 0 amide bonds. The minimum absolute atomic E-state index is 0.0309. The molecule has 4 heteroatoms. The standard InChI is InChI=1S/C15H24ClNOS/c1-11-10-14(15(18)12(2)16)13(3)17(11)8-6-5-7-9-19-4/h10,12H,5-9H2,1-4H3. The smallest absolute Gasteiger partial charge is 0.182 e. The monoisotopic (exact) mass is 301 g/mol. The molecule has 1 heterocycles. The number of ketones is 1. The molecule has 1 rings (SSSR count). The van der Waals surface area contributed by atoms with Crippen molar-refractivity contribution < 1.29 is 4.79 Å². The number of hydrogen-bond donors (Lipinski definition) is 0. The lowest BCUT2D eigenvalue weighted by Crippen LogP contribution is -2.12. The zero-order valence-electron chi connectivity index (χ0n) is 12.3. The molecule has 19 heavy (non-hydrogen) atoms. The van der Waals surface area contributed by atoms with E-state index in [4.69, 9.17) is 11.6 Å². The van der Waals surface area contributed by atoms with Crippen LogP contribution in [-0.2, 0) is 6.54 Å². The fourth-order valence-electron chi connectivity index (χ4n) is 2.30. The summed E-state index contributed by atoms with van der Waals surface area (Å²) in [4.78, 5) is 12.0. The molecule has 0 radical (unpaired) electrons. The average Bonchev–Trinajstić information content (AvgIpc) is 2.64. The molecule has 0 aliphatic rings. The van der Waals surface area contributed by atoms with Gasteiger partial charge in [0.15, 0.2) is 5.78 Å². The maximum atomic E-state index is 12.0. The molecule has 108 valence electrons. The quantitative estimate of drug-likeness (QED) is 0.402. The summed E-state index contributed by atoms with van der Waals surface area (Å²) in [5.41, 5.74) is 2.99. The van der Waals surface area contributed by atoms with Crippen molar-refractivity contribution in [1.29, 1.82) is 0 Å². The average molecular weight is 302 g/mol. The van der Waals surface area contributed by atoms with Crippen LogP contribution in [0.15, 0.2) is 6.07 Å². The number of hydrogen-bond acceptors (Lipinski definition) is 2. The van der Waals surface area contributed by atoms with E-state index in [9.17, 15) is 4.79 Å². The van der Waals surface area contributed by atoms with Gasteiger partial charge in [0.05, 0.1) is 5.38 Å². The summed E-state index contributed by atoms with van der Waals surface area (Å²) in [7, 11) is 0. The van der Waals surface area contributed by atoms with E-state index in [1.165, 1.54) is 25.0 Å². The highest BCUT2D eigenvalue weighted by Gasteiger charge is 2.18. The maximum absolute atomic E-state index is 12.0. The normalized spacial score (nSPS) is 12.7. The predicted molar refractivity (Wildman–Crippen MR) is 85.8 cm³/mol. The van der Waals surface area contributed by atoms with E-state index in [1.54, 1.807) is 6.92 Å². The molecule has 0 fully saturated rings. The number of carbonyl (C=O) groups is 1. The van der Waals surface area contributed by atoms with Gasteiger partial charge in [-0.25, -0.2) is 0 Å². The van der Waals surface area contributed by atoms with Crippen molar-refractivity contribution in [3.8, 4) is 0 Å². The number of alkyl halides is 1. The third-order valence-corrected chi connectivity index (χ3v) is 4.33. The predicted octanol–water partition coefficient (Wildman–Crippen LogP) is 4.45. The Bertz CT molecular complexity index is 426. The summed E-state index contributed by atoms with van der Waals surface area (Å²) in [5, 5.41) is -0.449. The second-order valence-electron chi connectivity index (χ2n) is 4.97. The zero-order valence-corrected chi connectivity index (χ0v) is 13.9. The third kappa shape index (κ3) is 4.57. The summed E-state index contributed by atoms with van der Waals surface area (Å²) in [6.45, 7) is 6.81. The molecule has 0 N–H and O–H groups in total. The Balaban J connectivity index is 2.67. The number of Topliss-reactive ketones (excluding diaryl/α,β-unsaturated/α-hetero) is 1. The second-order valence-corrected chi connectivity index (χ2v) is 6.61. The van der Waals surface area contributed by atoms with Gasteiger partial charge in [0.2, 0.25) is 0 Å². The zero-order chi connectivity index (χ0) is 14.4. The van der Waals surface area contributed by atoms with Gasteiger partial charge in [-0.15, -0.1) is 11.6 Å². The Morgan fingerprint density at radius 2 is 2.05 bits per heavy atom. The summed E-state index contributed by atoms with van der Waals surface area (Å²) in [6.07, 6.45) is 5.82. The Labute approximate surface area is 125 Å². The van der Waals surface area contributed by atoms with E-state index >= 15 is 0 Å². The number of carbonyl (C=O) groups excluding carboxylic acids is 1. The highest BCUT2D eigenvalue weighted by Crippen LogP contribution is 2.19. The fourth-order valence-corrected chi connectivity index (χ4v) is 2.91. The second kappa shape index (κ2) is 8.01. The first-order valence-electron chi connectivity index (χ1n) is 6.83. The van der Waals surface area contributed by atoms with E-state index in [0.717, 1.165) is 23.5 Å². The number of rotatable bonds is 8. The molecule has 2 nitrogen and oxygen atoms in total. The van der Waals surface area contributed by atoms with Crippen LogP contribution >= 0.6 is 23.4 Å². The number of thioether (sulfide) groups is 1. The van der Waals surface area contributed by atoms with Gasteiger partial charge in [0.1, 0.15) is 0 Å². The topological polar surface area (TPSA) is 22.0 Å². The first-order chi connectivity index (χ1) is 8.99. The maximum Gasteiger partial charge on any atom is 0.182 e. The van der Waals surface area contributed by atoms with Crippen molar-refractivity contribution in [2.24, 2.45) is 0 Å². The van der Waals surface area contributed by atoms with Crippen LogP contribution in [0.25, 0.3) is 0 Å². The Hall–Kier alpha value is -0.410. The van der Waals surface area contributed by atoms with Gasteiger partial charge in [0, 0.05) is 23.5 Å². The molecule has 0 bridgehead atoms. The molecule has 0 spiro atoms. The first-order valence-corrected chi connectivity index (χ1v) is 8.66. The Kier molecular flexibility index (Phi) is 7.01. The van der Waals surface area contributed by atoms with Crippen LogP contribution in [0.5, 0.6) is 0 Å². The molecule has 1 atom stereocenters. The van der Waals surface area contributed by atoms with E-state index in [0.29, 0.717) is 0 Å². The minimum Gasteiger partial charge on any atom is -0.348 e. The van der Waals surface area contributed by atoms with Crippen LogP contribution in [0, 0.1) is 13.8 Å². The highest BCUT2D eigenvalue weighted by atomic mass is 35.5. The van der Waals surface area contributed by atoms with Gasteiger partial charge in [-0.05, 0) is 51.7 Å². The molecular formula is C15H24ClNOS. The number of nitrogens with zero attached hydrogens (tertiary/aromatic N) is 1. The summed E-state index contributed by atoms with van der Waals surface area (Å²) in [6, 6.07) is 1.97. The minimum atomic E-state index is -0.449. The van der Waals surface area contributed by atoms with E-state index in [2.05, 4.69) is 17.7 Å². The van der Waals surface area contributed by atoms with Crippen LogP contribution in [0.4, 0.5) is 0 Å². The van der Waals surface area contributed by atoms with Crippen LogP contribution < -0.4 is 0 Å². The van der Waals surface area contributed by atoms with Crippen LogP contribution in [0.1, 0.15) is 47.9 Å². The molecule has 0 aromatic carbocycles. The summed E-state index contributed by atoms with van der Waals surface area (Å²) in [5.74, 6) is 1.26. The van der Waals surface area contributed by atoms with Crippen molar-refractivity contribution in [2.75, 3.05) is 12.0 Å². The van der Waals surface area contributed by atoms with Crippen molar-refractivity contribution in [1.82, 2.24) is 4.57 Å². The van der Waals surface area contributed by atoms with Crippen LogP contribution in [0.3, 0.4) is 0 Å². The molecule has 1 aromatic rings. The molecule has 0 aliphatic carbocycles. The van der Waals surface area contributed by atoms with Gasteiger partial charge in [-0.1, -0.05) is 6.42 Å². The lowest BCUT2D eigenvalue weighted by Gasteiger charge is -2.10. The summed E-state index contributed by atoms with van der Waals surface area (Å²) >= 11 is 7.80. The molecular weight excluding hydrogens is 278 g/mol. The highest BCUT2D eigenvalue weighted by molar-refractivity contribution is 7.98. The van der Waals surface area contributed by atoms with E-state index < -0.39 is 5.38 Å². The van der Waals surface area contributed by atoms with Crippen molar-refractivity contribution >= 4 is 29.1 Å². The van der Waals surface area contributed by atoms with Crippen molar-refractivity contribution in [2.45, 2.75) is 52.0 Å². The molecule has 1 aromatic heterocycles. The van der Waals surface area contributed by atoms with Gasteiger partial charge in [-0.2, -0.15) is 11.8 Å².